The van der Waals surface area contributed by atoms with Gasteiger partial charge in [-0.15, -0.1) is 0 Å². The van der Waals surface area contributed by atoms with Crippen molar-refractivity contribution in [1.82, 2.24) is 9.97 Å². The summed E-state index contributed by atoms with van der Waals surface area (Å²) < 4.78 is 0. The molecule has 2 fully saturated rings. The first kappa shape index (κ1) is 18.4. The fourth-order valence-electron chi connectivity index (χ4n) is 5.32. The highest BCUT2D eigenvalue weighted by Gasteiger charge is 2.50. The van der Waals surface area contributed by atoms with Crippen LogP contribution in [0.1, 0.15) is 45.6 Å². The molecule has 0 radical (unpaired) electrons. The van der Waals surface area contributed by atoms with Gasteiger partial charge in [0.05, 0.1) is 0 Å². The molecule has 4 rings (SSSR count). The molecule has 1 aromatic carbocycles. The summed E-state index contributed by atoms with van der Waals surface area (Å²) >= 11 is 6.07. The van der Waals surface area contributed by atoms with Crippen LogP contribution >= 0.6 is 11.6 Å². The van der Waals surface area contributed by atoms with Gasteiger partial charge < -0.3 is 16.0 Å². The van der Waals surface area contributed by atoms with E-state index in [0.717, 1.165) is 28.6 Å². The van der Waals surface area contributed by atoms with Crippen LogP contribution in [0, 0.1) is 17.8 Å². The van der Waals surface area contributed by atoms with Crippen molar-refractivity contribution < 1.29 is 0 Å². The number of nitrogens with zero attached hydrogens (tertiary/aromatic N) is 3. The lowest BCUT2D eigenvalue weighted by Crippen LogP contribution is -2.35. The second-order valence-electron chi connectivity index (χ2n) is 9.39. The van der Waals surface area contributed by atoms with Crippen LogP contribution in [-0.2, 0) is 0 Å². The monoisotopic (exact) mass is 385 g/mol. The minimum atomic E-state index is 0.324. The van der Waals surface area contributed by atoms with Crippen molar-refractivity contribution in [3.8, 4) is 0 Å². The van der Waals surface area contributed by atoms with Crippen molar-refractivity contribution in [3.05, 3.63) is 35.1 Å². The zero-order valence-corrected chi connectivity index (χ0v) is 17.3. The van der Waals surface area contributed by atoms with Gasteiger partial charge in [-0.05, 0) is 60.8 Å². The largest absolute Gasteiger partial charge is 0.393 e. The van der Waals surface area contributed by atoms with Gasteiger partial charge in [0.25, 0.3) is 0 Å². The number of nitrogens with one attached hydrogen (secondary N) is 1. The van der Waals surface area contributed by atoms with E-state index in [1.54, 1.807) is 6.33 Å². The summed E-state index contributed by atoms with van der Waals surface area (Å²) in [6.07, 6.45) is 5.23. The lowest BCUT2D eigenvalue weighted by atomic mass is 9.65. The molecule has 2 heterocycles. The fraction of sp³-hybridized carbons (Fsp3) is 0.524. The maximum atomic E-state index is 6.53. The molecule has 1 aliphatic heterocycles. The molecule has 2 atom stereocenters. The Hall–Kier alpha value is -2.01. The molecule has 2 aliphatic rings. The molecule has 6 heteroatoms. The van der Waals surface area contributed by atoms with Gasteiger partial charge in [0, 0.05) is 23.3 Å². The summed E-state index contributed by atoms with van der Waals surface area (Å²) in [7, 11) is 0. The molecule has 1 aliphatic carbocycles. The van der Waals surface area contributed by atoms with E-state index in [2.05, 4.69) is 41.0 Å². The Labute approximate surface area is 166 Å². The number of aromatic nitrogens is 2. The van der Waals surface area contributed by atoms with Crippen LogP contribution in [0.3, 0.4) is 0 Å². The third-order valence-electron chi connectivity index (χ3n) is 5.99. The Balaban J connectivity index is 1.65. The van der Waals surface area contributed by atoms with Gasteiger partial charge in [-0.3, -0.25) is 0 Å². The summed E-state index contributed by atoms with van der Waals surface area (Å²) in [5.41, 5.74) is 9.82. The summed E-state index contributed by atoms with van der Waals surface area (Å²) in [5, 5.41) is 4.07. The number of hydrogen-bond acceptors (Lipinski definition) is 5. The van der Waals surface area contributed by atoms with Crippen LogP contribution in [0.2, 0.25) is 5.02 Å². The molecule has 1 saturated carbocycles. The van der Waals surface area contributed by atoms with Gasteiger partial charge in [0.1, 0.15) is 12.0 Å². The molecule has 2 bridgehead atoms. The van der Waals surface area contributed by atoms with E-state index in [9.17, 15) is 0 Å². The molecule has 3 N–H and O–H groups in total. The minimum Gasteiger partial charge on any atom is -0.393 e. The number of anilines is 4. The Morgan fingerprint density at radius 3 is 2.74 bits per heavy atom. The molecule has 2 aromatic rings. The number of rotatable bonds is 3. The Morgan fingerprint density at radius 2 is 2.00 bits per heavy atom. The summed E-state index contributed by atoms with van der Waals surface area (Å²) in [5.74, 6) is 1.50. The zero-order valence-electron chi connectivity index (χ0n) is 16.5. The normalized spacial score (nSPS) is 26.3. The van der Waals surface area contributed by atoms with Crippen molar-refractivity contribution in [1.29, 1.82) is 0 Å². The number of fused-ring (bicyclic) bond motifs is 2. The SMILES string of the molecule is Cc1cc(Cl)ccc1Nc1ncnc(N2CC3(C)CC2CC(C)(C)C3)c1N. The van der Waals surface area contributed by atoms with Crippen LogP contribution in [0.15, 0.2) is 24.5 Å². The number of nitrogen functional groups attached to an aromatic ring is 1. The quantitative estimate of drug-likeness (QED) is 0.762. The molecule has 5 nitrogen and oxygen atoms in total. The number of benzene rings is 1. The highest BCUT2D eigenvalue weighted by atomic mass is 35.5. The fourth-order valence-corrected chi connectivity index (χ4v) is 5.54. The van der Waals surface area contributed by atoms with E-state index in [0.29, 0.717) is 28.4 Å². The first-order valence-corrected chi connectivity index (χ1v) is 9.94. The first-order chi connectivity index (χ1) is 12.7. The van der Waals surface area contributed by atoms with Gasteiger partial charge in [0.2, 0.25) is 0 Å². The van der Waals surface area contributed by atoms with Crippen molar-refractivity contribution >= 4 is 34.6 Å². The highest BCUT2D eigenvalue weighted by molar-refractivity contribution is 6.30. The van der Waals surface area contributed by atoms with E-state index in [1.165, 1.54) is 19.3 Å². The topological polar surface area (TPSA) is 67.1 Å². The molecule has 1 saturated heterocycles. The smallest absolute Gasteiger partial charge is 0.159 e. The zero-order chi connectivity index (χ0) is 19.4. The van der Waals surface area contributed by atoms with E-state index >= 15 is 0 Å². The van der Waals surface area contributed by atoms with Crippen molar-refractivity contribution in [2.24, 2.45) is 10.8 Å². The molecular weight excluding hydrogens is 358 g/mol. The lowest BCUT2D eigenvalue weighted by molar-refractivity contribution is 0.136. The molecule has 2 unspecified atom stereocenters. The first-order valence-electron chi connectivity index (χ1n) is 9.56. The Bertz CT molecular complexity index is 881. The van der Waals surface area contributed by atoms with Crippen LogP contribution in [0.5, 0.6) is 0 Å². The standard InChI is InChI=1S/C21H28ClN5/c1-13-7-14(22)5-6-16(13)26-18-17(23)19(25-12-24-18)27-11-21(4)9-15(27)8-20(2,3)10-21/h5-7,12,15H,8-11,23H2,1-4H3,(H,24,25,26). The maximum absolute atomic E-state index is 6.53. The molecule has 1 aromatic heterocycles. The minimum absolute atomic E-state index is 0.324. The Kier molecular flexibility index (Phi) is 4.26. The third kappa shape index (κ3) is 3.45. The van der Waals surface area contributed by atoms with Crippen LogP contribution in [-0.4, -0.2) is 22.6 Å². The number of nitrogens with two attached hydrogens (primary N) is 1. The van der Waals surface area contributed by atoms with Gasteiger partial charge in [0.15, 0.2) is 11.6 Å². The van der Waals surface area contributed by atoms with Gasteiger partial charge in [-0.1, -0.05) is 32.4 Å². The summed E-state index contributed by atoms with van der Waals surface area (Å²) in [4.78, 5) is 11.4. The maximum Gasteiger partial charge on any atom is 0.159 e. The van der Waals surface area contributed by atoms with Gasteiger partial charge >= 0.3 is 0 Å². The average Bonchev–Trinajstić information content (AvgIpc) is 2.80. The van der Waals surface area contributed by atoms with Crippen LogP contribution in [0.4, 0.5) is 23.0 Å². The molecular formula is C21H28ClN5. The third-order valence-corrected chi connectivity index (χ3v) is 6.23. The molecule has 0 amide bonds. The number of halogens is 1. The van der Waals surface area contributed by atoms with E-state index in [4.69, 9.17) is 17.3 Å². The Morgan fingerprint density at radius 1 is 1.22 bits per heavy atom. The van der Waals surface area contributed by atoms with Crippen LogP contribution in [0.25, 0.3) is 0 Å². The molecule has 27 heavy (non-hydrogen) atoms. The summed E-state index contributed by atoms with van der Waals surface area (Å²) in [6, 6.07) is 6.22. The van der Waals surface area contributed by atoms with Crippen molar-refractivity contribution in [2.75, 3.05) is 22.5 Å². The van der Waals surface area contributed by atoms with E-state index < -0.39 is 0 Å². The summed E-state index contributed by atoms with van der Waals surface area (Å²) in [6.45, 7) is 10.2. The van der Waals surface area contributed by atoms with Crippen molar-refractivity contribution in [3.63, 3.8) is 0 Å². The van der Waals surface area contributed by atoms with Gasteiger partial charge in [-0.25, -0.2) is 9.97 Å². The van der Waals surface area contributed by atoms with Crippen LogP contribution < -0.4 is 16.0 Å². The molecule has 0 spiro atoms. The molecule has 144 valence electrons. The van der Waals surface area contributed by atoms with E-state index in [-0.39, 0.29) is 0 Å². The second-order valence-corrected chi connectivity index (χ2v) is 9.82. The van der Waals surface area contributed by atoms with Gasteiger partial charge in [-0.2, -0.15) is 0 Å². The predicted octanol–water partition coefficient (Wildman–Crippen LogP) is 5.17. The van der Waals surface area contributed by atoms with Crippen molar-refractivity contribution in [2.45, 2.75) is 53.0 Å². The lowest BCUT2D eigenvalue weighted by Gasteiger charge is -2.39. The second kappa shape index (κ2) is 6.26. The predicted molar refractivity (Wildman–Crippen MR) is 113 cm³/mol. The number of aryl methyl sites for hydroxylation is 1. The number of hydrogen-bond donors (Lipinski definition) is 2. The van der Waals surface area contributed by atoms with E-state index in [1.807, 2.05) is 25.1 Å². The average molecular weight is 386 g/mol. The highest BCUT2D eigenvalue weighted by Crippen LogP contribution is 2.54.